The lowest BCUT2D eigenvalue weighted by Crippen LogP contribution is -2.50. The van der Waals surface area contributed by atoms with Crippen LogP contribution in [-0.4, -0.2) is 103 Å². The molecule has 3 N–H and O–H groups in total. The van der Waals surface area contributed by atoms with Gasteiger partial charge in [0.15, 0.2) is 0 Å². The molecule has 40 heavy (non-hydrogen) atoms. The Bertz CT molecular complexity index is 997. The number of hydrogen-bond donors (Lipinski definition) is 3. The normalized spacial score (nSPS) is 21.0. The van der Waals surface area contributed by atoms with E-state index in [2.05, 4.69) is 10.6 Å². The molecule has 0 spiro atoms. The highest BCUT2D eigenvalue weighted by molar-refractivity contribution is 5.91. The summed E-state index contributed by atoms with van der Waals surface area (Å²) in [5, 5.41) is 16.0. The summed E-state index contributed by atoms with van der Waals surface area (Å²) >= 11 is 0. The fraction of sp³-hybridized carbons (Fsp3) is 0.700. The van der Waals surface area contributed by atoms with Gasteiger partial charge in [-0.2, -0.15) is 0 Å². The number of carbonyl (C=O) groups excluding carboxylic acids is 3. The van der Waals surface area contributed by atoms with E-state index >= 15 is 0 Å². The first-order valence-electron chi connectivity index (χ1n) is 14.7. The van der Waals surface area contributed by atoms with Crippen LogP contribution in [0.3, 0.4) is 0 Å². The molecule has 0 unspecified atom stereocenters. The minimum atomic E-state index is -0.383. The van der Waals surface area contributed by atoms with E-state index in [4.69, 9.17) is 4.74 Å². The summed E-state index contributed by atoms with van der Waals surface area (Å²) in [7, 11) is 5.72. The molecule has 3 rings (SSSR count). The highest BCUT2D eigenvalue weighted by atomic mass is 16.5. The third kappa shape index (κ3) is 9.37. The molecular weight excluding hydrogens is 510 g/mol. The highest BCUT2D eigenvalue weighted by Crippen LogP contribution is 2.29. The van der Waals surface area contributed by atoms with E-state index in [0.717, 1.165) is 38.6 Å². The van der Waals surface area contributed by atoms with Gasteiger partial charge in [-0.15, -0.1) is 0 Å². The number of benzene rings is 1. The first kappa shape index (κ1) is 31.7. The minimum Gasteiger partial charge on any atom is -0.488 e. The summed E-state index contributed by atoms with van der Waals surface area (Å²) in [5.74, 6) is 0.266. The van der Waals surface area contributed by atoms with Crippen LogP contribution in [0.15, 0.2) is 18.2 Å². The Labute approximate surface area is 239 Å². The Hall–Kier alpha value is -2.85. The average Bonchev–Trinajstić information content (AvgIpc) is 2.96. The highest BCUT2D eigenvalue weighted by Gasteiger charge is 2.32. The van der Waals surface area contributed by atoms with Crippen molar-refractivity contribution in [3.63, 3.8) is 0 Å². The SMILES string of the molecule is C[C@H]1CN([C@@H](C)CO)C(=O)Cc2cc(NC(=O)CCCN(C)C)ccc2O[C@@H]1CN(C)C(=O)NC1CCCCC1. The molecule has 1 aromatic rings. The average molecular weight is 560 g/mol. The van der Waals surface area contributed by atoms with E-state index in [1.807, 2.05) is 32.8 Å². The number of rotatable bonds is 10. The van der Waals surface area contributed by atoms with Crippen LogP contribution in [0.1, 0.15) is 64.4 Å². The maximum absolute atomic E-state index is 13.4. The molecule has 1 aromatic carbocycles. The van der Waals surface area contributed by atoms with Crippen LogP contribution in [0.4, 0.5) is 10.5 Å². The quantitative estimate of drug-likeness (QED) is 0.406. The molecule has 1 aliphatic heterocycles. The van der Waals surface area contributed by atoms with Crippen molar-refractivity contribution in [2.75, 3.05) is 52.7 Å². The second kappa shape index (κ2) is 15.2. The van der Waals surface area contributed by atoms with E-state index in [0.29, 0.717) is 36.5 Å². The van der Waals surface area contributed by atoms with Gasteiger partial charge in [0.2, 0.25) is 11.8 Å². The Kier molecular flexibility index (Phi) is 12.1. The van der Waals surface area contributed by atoms with Crippen molar-refractivity contribution >= 4 is 23.5 Å². The molecule has 4 amide bonds. The summed E-state index contributed by atoms with van der Waals surface area (Å²) in [6.07, 6.45) is 6.37. The molecule has 1 saturated carbocycles. The van der Waals surface area contributed by atoms with Gasteiger partial charge >= 0.3 is 6.03 Å². The lowest BCUT2D eigenvalue weighted by atomic mass is 9.96. The molecule has 0 radical (unpaired) electrons. The van der Waals surface area contributed by atoms with E-state index in [9.17, 15) is 19.5 Å². The molecule has 0 aromatic heterocycles. The van der Waals surface area contributed by atoms with Crippen molar-refractivity contribution in [3.8, 4) is 5.75 Å². The molecule has 1 fully saturated rings. The van der Waals surface area contributed by atoms with Crippen LogP contribution in [0, 0.1) is 5.92 Å². The van der Waals surface area contributed by atoms with Gasteiger partial charge < -0.3 is 35.2 Å². The van der Waals surface area contributed by atoms with Gasteiger partial charge in [0.25, 0.3) is 0 Å². The molecular formula is C30H49N5O5. The number of carbonyl (C=O) groups is 3. The van der Waals surface area contributed by atoms with Gasteiger partial charge in [-0.05, 0) is 65.0 Å². The van der Waals surface area contributed by atoms with Crippen LogP contribution >= 0.6 is 0 Å². The zero-order valence-electron chi connectivity index (χ0n) is 24.9. The monoisotopic (exact) mass is 559 g/mol. The van der Waals surface area contributed by atoms with E-state index in [1.165, 1.54) is 6.42 Å². The molecule has 2 aliphatic rings. The number of anilines is 1. The Morgan fingerprint density at radius 1 is 1.18 bits per heavy atom. The maximum atomic E-state index is 13.4. The molecule has 10 heteroatoms. The van der Waals surface area contributed by atoms with Crippen molar-refractivity contribution in [3.05, 3.63) is 23.8 Å². The van der Waals surface area contributed by atoms with Gasteiger partial charge in [0, 0.05) is 43.2 Å². The standard InChI is InChI=1S/C30H49N5O5/c1-21-18-35(22(2)20-36)29(38)17-23-16-25(31-28(37)12-9-15-33(3)4)13-14-26(23)40-27(21)19-34(5)30(39)32-24-10-7-6-8-11-24/h13-14,16,21-22,24,27,36H,6-12,15,17-20H2,1-5H3,(H,31,37)(H,32,39)/t21-,22-,27+/m0/s1. The Morgan fingerprint density at radius 3 is 2.58 bits per heavy atom. The topological polar surface area (TPSA) is 114 Å². The summed E-state index contributed by atoms with van der Waals surface area (Å²) in [6, 6.07) is 5.12. The third-order valence-corrected chi connectivity index (χ3v) is 7.94. The van der Waals surface area contributed by atoms with E-state index in [-0.39, 0.29) is 55.0 Å². The second-order valence-corrected chi connectivity index (χ2v) is 11.8. The zero-order chi connectivity index (χ0) is 29.2. The number of ether oxygens (including phenoxy) is 1. The van der Waals surface area contributed by atoms with Gasteiger partial charge in [0.1, 0.15) is 11.9 Å². The van der Waals surface area contributed by atoms with E-state index < -0.39 is 0 Å². The van der Waals surface area contributed by atoms with Gasteiger partial charge in [-0.3, -0.25) is 9.59 Å². The van der Waals surface area contributed by atoms with Gasteiger partial charge in [-0.25, -0.2) is 4.79 Å². The van der Waals surface area contributed by atoms with Crippen molar-refractivity contribution in [2.24, 2.45) is 5.92 Å². The van der Waals surface area contributed by atoms with Gasteiger partial charge in [-0.1, -0.05) is 26.2 Å². The minimum absolute atomic E-state index is 0.0789. The van der Waals surface area contributed by atoms with Crippen molar-refractivity contribution in [1.29, 1.82) is 0 Å². The molecule has 1 heterocycles. The zero-order valence-corrected chi connectivity index (χ0v) is 24.9. The van der Waals surface area contributed by atoms with Crippen LogP contribution < -0.4 is 15.4 Å². The van der Waals surface area contributed by atoms with E-state index in [1.54, 1.807) is 35.0 Å². The summed E-state index contributed by atoms with van der Waals surface area (Å²) < 4.78 is 6.52. The molecule has 224 valence electrons. The summed E-state index contributed by atoms with van der Waals surface area (Å²) in [6.45, 7) is 5.25. The van der Waals surface area contributed by atoms with Crippen LogP contribution in [0.2, 0.25) is 0 Å². The molecule has 10 nitrogen and oxygen atoms in total. The summed E-state index contributed by atoms with van der Waals surface area (Å²) in [4.78, 5) is 44.3. The molecule has 0 saturated heterocycles. The Balaban J connectivity index is 1.79. The molecule has 3 atom stereocenters. The number of amides is 4. The van der Waals surface area contributed by atoms with Crippen LogP contribution in [-0.2, 0) is 16.0 Å². The molecule has 1 aliphatic carbocycles. The first-order chi connectivity index (χ1) is 19.1. The second-order valence-electron chi connectivity index (χ2n) is 11.8. The fourth-order valence-corrected chi connectivity index (χ4v) is 5.39. The third-order valence-electron chi connectivity index (χ3n) is 7.94. The smallest absolute Gasteiger partial charge is 0.317 e. The largest absolute Gasteiger partial charge is 0.488 e. The van der Waals surface area contributed by atoms with Crippen molar-refractivity contribution in [1.82, 2.24) is 20.0 Å². The number of nitrogens with zero attached hydrogens (tertiary/aromatic N) is 3. The number of urea groups is 1. The lowest BCUT2D eigenvalue weighted by molar-refractivity contribution is -0.134. The van der Waals surface area contributed by atoms with Crippen molar-refractivity contribution in [2.45, 2.75) is 83.4 Å². The maximum Gasteiger partial charge on any atom is 0.317 e. The Morgan fingerprint density at radius 2 is 1.90 bits per heavy atom. The predicted molar refractivity (Wildman–Crippen MR) is 156 cm³/mol. The first-order valence-corrected chi connectivity index (χ1v) is 14.7. The number of nitrogens with one attached hydrogen (secondary N) is 2. The number of hydrogen-bond acceptors (Lipinski definition) is 6. The number of likely N-dealkylation sites (N-methyl/N-ethyl adjacent to an activating group) is 1. The predicted octanol–water partition coefficient (Wildman–Crippen LogP) is 3.09. The fourth-order valence-electron chi connectivity index (χ4n) is 5.39. The number of aliphatic hydroxyl groups excluding tert-OH is 1. The van der Waals surface area contributed by atoms with Crippen LogP contribution in [0.5, 0.6) is 5.75 Å². The summed E-state index contributed by atoms with van der Waals surface area (Å²) in [5.41, 5.74) is 1.28. The number of aliphatic hydroxyl groups is 1. The van der Waals surface area contributed by atoms with Crippen LogP contribution in [0.25, 0.3) is 0 Å². The van der Waals surface area contributed by atoms with Gasteiger partial charge in [0.05, 0.1) is 25.6 Å². The number of fused-ring (bicyclic) bond motifs is 1. The molecule has 0 bridgehead atoms. The lowest BCUT2D eigenvalue weighted by Gasteiger charge is -2.34. The van der Waals surface area contributed by atoms with Crippen molar-refractivity contribution < 1.29 is 24.2 Å².